The first kappa shape index (κ1) is 24.1. The molecule has 4 rings (SSSR count). The maximum absolute atomic E-state index is 12.4. The Hall–Kier alpha value is -2.50. The van der Waals surface area contributed by atoms with Crippen LogP contribution in [0, 0.1) is 6.92 Å². The minimum Gasteiger partial charge on any atom is -0.475 e. The van der Waals surface area contributed by atoms with Crippen molar-refractivity contribution >= 4 is 23.2 Å². The summed E-state index contributed by atoms with van der Waals surface area (Å²) in [4.78, 5) is 27.4. The van der Waals surface area contributed by atoms with E-state index in [-0.39, 0.29) is 17.6 Å². The first-order valence-corrected chi connectivity index (χ1v) is 10.8. The third-order valence-electron chi connectivity index (χ3n) is 5.12. The first-order valence-electron chi connectivity index (χ1n) is 9.86. The van der Waals surface area contributed by atoms with Crippen molar-refractivity contribution in [2.45, 2.75) is 44.3 Å². The lowest BCUT2D eigenvalue weighted by molar-refractivity contribution is -0.192. The molecule has 0 radical (unpaired) electrons. The molecule has 32 heavy (non-hydrogen) atoms. The lowest BCUT2D eigenvalue weighted by Gasteiger charge is -2.52. The molecule has 7 nitrogen and oxygen atoms in total. The minimum absolute atomic E-state index is 0.101. The summed E-state index contributed by atoms with van der Waals surface area (Å²) in [5.74, 6) is -2.66. The Labute approximate surface area is 186 Å². The monoisotopic (exact) mass is 472 g/mol. The number of aromatic nitrogens is 1. The topological polar surface area (TPSA) is 89.0 Å². The van der Waals surface area contributed by atoms with E-state index in [9.17, 15) is 18.0 Å². The maximum atomic E-state index is 12.4. The van der Waals surface area contributed by atoms with Crippen LogP contribution in [0.1, 0.15) is 34.3 Å². The molecule has 1 unspecified atom stereocenters. The van der Waals surface area contributed by atoms with Gasteiger partial charge in [-0.2, -0.15) is 24.5 Å². The van der Waals surface area contributed by atoms with Crippen LogP contribution in [-0.2, 0) is 20.9 Å². The predicted molar refractivity (Wildman–Crippen MR) is 109 cm³/mol. The number of pyridine rings is 1. The zero-order valence-corrected chi connectivity index (χ0v) is 18.1. The van der Waals surface area contributed by atoms with E-state index in [0.717, 1.165) is 29.5 Å². The van der Waals surface area contributed by atoms with Crippen molar-refractivity contribution in [2.24, 2.45) is 0 Å². The molecule has 4 heterocycles. The summed E-state index contributed by atoms with van der Waals surface area (Å²) in [5.41, 5.74) is 2.80. The number of likely N-dealkylation sites (tertiary alicyclic amines) is 1. The summed E-state index contributed by atoms with van der Waals surface area (Å²) >= 11 is 1.55. The average Bonchev–Trinajstić information content (AvgIpc) is 3.25. The number of nitrogens with zero attached hydrogens (tertiary/aromatic N) is 2. The van der Waals surface area contributed by atoms with Crippen LogP contribution in [0.2, 0.25) is 0 Å². The lowest BCUT2D eigenvalue weighted by atomic mass is 9.84. The van der Waals surface area contributed by atoms with Crippen LogP contribution < -0.4 is 0 Å². The second kappa shape index (κ2) is 9.97. The first-order chi connectivity index (χ1) is 15.1. The van der Waals surface area contributed by atoms with Crippen molar-refractivity contribution in [1.29, 1.82) is 0 Å². The number of amides is 1. The summed E-state index contributed by atoms with van der Waals surface area (Å²) in [6.45, 7) is 4.62. The summed E-state index contributed by atoms with van der Waals surface area (Å²) in [6, 6.07) is 3.98. The highest BCUT2D eigenvalue weighted by Crippen LogP contribution is 2.36. The molecule has 0 saturated carbocycles. The highest BCUT2D eigenvalue weighted by Gasteiger charge is 2.49. The number of alkyl halides is 3. The number of carbonyl (C=O) groups is 2. The van der Waals surface area contributed by atoms with Crippen LogP contribution in [-0.4, -0.2) is 64.4 Å². The Morgan fingerprint density at radius 2 is 2.09 bits per heavy atom. The quantitative estimate of drug-likeness (QED) is 0.731. The molecule has 2 aliphatic rings. The Bertz CT molecular complexity index is 930. The third kappa shape index (κ3) is 6.27. The van der Waals surface area contributed by atoms with Crippen molar-refractivity contribution in [3.8, 4) is 0 Å². The van der Waals surface area contributed by atoms with Gasteiger partial charge in [0.1, 0.15) is 5.60 Å². The predicted octanol–water partition coefficient (Wildman–Crippen LogP) is 3.68. The van der Waals surface area contributed by atoms with Gasteiger partial charge in [0.15, 0.2) is 0 Å². The number of aryl methyl sites for hydroxylation is 1. The molecule has 2 fully saturated rings. The normalized spacial score (nSPS) is 19.6. The molecule has 1 atom stereocenters. The fourth-order valence-electron chi connectivity index (χ4n) is 3.62. The van der Waals surface area contributed by atoms with E-state index in [1.807, 2.05) is 41.0 Å². The van der Waals surface area contributed by atoms with Gasteiger partial charge in [-0.05, 0) is 35.9 Å². The highest BCUT2D eigenvalue weighted by molar-refractivity contribution is 7.08. The Balaban J connectivity index is 0.000000360. The molecule has 0 bridgehead atoms. The van der Waals surface area contributed by atoms with Gasteiger partial charge in [-0.3, -0.25) is 9.78 Å². The number of ether oxygens (including phenoxy) is 2. The summed E-state index contributed by atoms with van der Waals surface area (Å²) in [6.07, 6.45) is 0.541. The highest BCUT2D eigenvalue weighted by atomic mass is 32.1. The van der Waals surface area contributed by atoms with Gasteiger partial charge in [0.05, 0.1) is 31.4 Å². The van der Waals surface area contributed by atoms with E-state index in [1.165, 1.54) is 0 Å². The second-order valence-electron chi connectivity index (χ2n) is 7.80. The van der Waals surface area contributed by atoms with E-state index in [2.05, 4.69) is 11.1 Å². The van der Waals surface area contributed by atoms with Crippen LogP contribution in [0.5, 0.6) is 0 Å². The van der Waals surface area contributed by atoms with E-state index in [1.54, 1.807) is 11.3 Å². The number of thiophene rings is 1. The van der Waals surface area contributed by atoms with Crippen LogP contribution in [0.3, 0.4) is 0 Å². The molecule has 1 N–H and O–H groups in total. The fraction of sp³-hybridized carbons (Fsp3) is 0.476. The third-order valence-corrected chi connectivity index (χ3v) is 5.80. The van der Waals surface area contributed by atoms with Gasteiger partial charge in [0.25, 0.3) is 5.91 Å². The molecule has 11 heteroatoms. The Kier molecular flexibility index (Phi) is 7.52. The van der Waals surface area contributed by atoms with Gasteiger partial charge < -0.3 is 19.5 Å². The molecule has 2 aliphatic heterocycles. The summed E-state index contributed by atoms with van der Waals surface area (Å²) < 4.78 is 43.9. The summed E-state index contributed by atoms with van der Waals surface area (Å²) in [5, 5.41) is 11.0. The molecule has 2 saturated heterocycles. The van der Waals surface area contributed by atoms with Crippen molar-refractivity contribution in [2.75, 3.05) is 19.7 Å². The van der Waals surface area contributed by atoms with Crippen molar-refractivity contribution in [1.82, 2.24) is 9.88 Å². The number of hydrogen-bond acceptors (Lipinski definition) is 6. The Morgan fingerprint density at radius 3 is 2.69 bits per heavy atom. The molecule has 2 aromatic rings. The number of rotatable bonds is 4. The maximum Gasteiger partial charge on any atom is 0.490 e. The number of carboxylic acid groups (broad SMARTS) is 1. The number of aliphatic carboxylic acids is 1. The molecule has 2 aromatic heterocycles. The summed E-state index contributed by atoms with van der Waals surface area (Å²) in [7, 11) is 0. The van der Waals surface area contributed by atoms with Crippen molar-refractivity contribution in [3.63, 3.8) is 0 Å². The zero-order chi connectivity index (χ0) is 23.4. The van der Waals surface area contributed by atoms with Crippen LogP contribution >= 0.6 is 11.3 Å². The minimum atomic E-state index is -5.08. The molecule has 1 spiro atoms. The molecule has 0 aliphatic carbocycles. The number of carboxylic acids is 1. The fourth-order valence-corrected chi connectivity index (χ4v) is 4.25. The molecule has 0 aromatic carbocycles. The second-order valence-corrected chi connectivity index (χ2v) is 8.58. The number of carbonyl (C=O) groups excluding carboxylic acids is 1. The van der Waals surface area contributed by atoms with Crippen molar-refractivity contribution in [3.05, 3.63) is 52.0 Å². The van der Waals surface area contributed by atoms with Gasteiger partial charge in [-0.15, -0.1) is 0 Å². The molecule has 174 valence electrons. The van der Waals surface area contributed by atoms with Gasteiger partial charge in [-0.1, -0.05) is 6.07 Å². The Morgan fingerprint density at radius 1 is 1.38 bits per heavy atom. The average molecular weight is 472 g/mol. The zero-order valence-electron chi connectivity index (χ0n) is 17.3. The van der Waals surface area contributed by atoms with Crippen LogP contribution in [0.4, 0.5) is 13.2 Å². The number of halogens is 3. The lowest BCUT2D eigenvalue weighted by Crippen LogP contribution is -2.67. The van der Waals surface area contributed by atoms with Gasteiger partial charge in [0.2, 0.25) is 0 Å². The van der Waals surface area contributed by atoms with Gasteiger partial charge >= 0.3 is 12.1 Å². The standard InChI is InChI=1S/C19H22N2O3S.C2HF3O2/c1-14-6-15(9-20-8-14)10-23-17-2-4-24-19(7-17)12-21(13-19)18(22)16-3-5-25-11-16;3-2(4,5)1(6)7/h3,5-6,8-9,11,17H,2,4,7,10,12-13H2,1H3;(H,6,7). The van der Waals surface area contributed by atoms with Crippen molar-refractivity contribution < 1.29 is 37.3 Å². The van der Waals surface area contributed by atoms with Gasteiger partial charge in [0, 0.05) is 30.8 Å². The molecular formula is C21H23F3N2O5S. The van der Waals surface area contributed by atoms with Gasteiger partial charge in [-0.25, -0.2) is 4.79 Å². The number of hydrogen-bond donors (Lipinski definition) is 1. The largest absolute Gasteiger partial charge is 0.490 e. The van der Waals surface area contributed by atoms with E-state index in [0.29, 0.717) is 26.3 Å². The SMILES string of the molecule is Cc1cncc(COC2CCOC3(C2)CN(C(=O)c2ccsc2)C3)c1.O=C(O)C(F)(F)F. The molecule has 1 amide bonds. The van der Waals surface area contributed by atoms with E-state index >= 15 is 0 Å². The van der Waals surface area contributed by atoms with E-state index in [4.69, 9.17) is 19.4 Å². The van der Waals surface area contributed by atoms with E-state index < -0.39 is 12.1 Å². The van der Waals surface area contributed by atoms with Crippen LogP contribution in [0.25, 0.3) is 0 Å². The smallest absolute Gasteiger partial charge is 0.475 e. The van der Waals surface area contributed by atoms with Crippen LogP contribution in [0.15, 0.2) is 35.3 Å². The molecular weight excluding hydrogens is 449 g/mol.